The molecule has 0 heterocycles. The maximum atomic E-state index is 11.2. The van der Waals surface area contributed by atoms with Crippen molar-refractivity contribution in [1.29, 1.82) is 0 Å². The molecule has 0 aromatic rings. The quantitative estimate of drug-likeness (QED) is 0.0530. The Balaban J connectivity index is 3.06. The summed E-state index contributed by atoms with van der Waals surface area (Å²) in [5.41, 5.74) is 0.370. The summed E-state index contributed by atoms with van der Waals surface area (Å²) >= 11 is 0. The van der Waals surface area contributed by atoms with Crippen LogP contribution in [0.4, 0.5) is 0 Å². The Morgan fingerprint density at radius 2 is 0.574 bits per heavy atom. The molecule has 0 aliphatic rings. The van der Waals surface area contributed by atoms with Crippen LogP contribution < -0.4 is 0 Å². The van der Waals surface area contributed by atoms with E-state index >= 15 is 0 Å². The van der Waals surface area contributed by atoms with E-state index in [-0.39, 0.29) is 6.61 Å². The van der Waals surface area contributed by atoms with Crippen LogP contribution in [0.2, 0.25) is 0 Å². The maximum Gasteiger partial charge on any atom is 0.333 e. The van der Waals surface area contributed by atoms with Gasteiger partial charge in [0.2, 0.25) is 0 Å². The van der Waals surface area contributed by atoms with Gasteiger partial charge in [-0.3, -0.25) is 0 Å². The molecule has 0 aliphatic heterocycles. The lowest BCUT2D eigenvalue weighted by Crippen LogP contribution is -2.16. The van der Waals surface area contributed by atoms with E-state index in [4.69, 9.17) is 61.6 Å². The largest absolute Gasteiger partial charge is 0.460 e. The van der Waals surface area contributed by atoms with Gasteiger partial charge in [-0.2, -0.15) is 0 Å². The second-order valence-corrected chi connectivity index (χ2v) is 9.97. The molecule has 0 aromatic carbocycles. The van der Waals surface area contributed by atoms with Gasteiger partial charge in [-0.1, -0.05) is 26.3 Å². The number of rotatable bonds is 41. The summed E-state index contributed by atoms with van der Waals surface area (Å²) < 4.78 is 70.3. The van der Waals surface area contributed by atoms with Crippen molar-refractivity contribution >= 4 is 5.97 Å². The molecule has 0 saturated carbocycles. The first-order valence-corrected chi connectivity index (χ1v) is 16.9. The smallest absolute Gasteiger partial charge is 0.333 e. The van der Waals surface area contributed by atoms with E-state index in [1.807, 2.05) is 0 Å². The summed E-state index contributed by atoms with van der Waals surface area (Å²) in [5, 5.41) is 0. The van der Waals surface area contributed by atoms with Crippen molar-refractivity contribution in [2.45, 2.75) is 33.1 Å². The molecule has 0 saturated heterocycles. The fourth-order valence-corrected chi connectivity index (χ4v) is 3.29. The Bertz CT molecular complexity index is 640. The van der Waals surface area contributed by atoms with Crippen molar-refractivity contribution < 1.29 is 66.4 Å². The molecule has 0 unspecified atom stereocenters. The second kappa shape index (κ2) is 40.9. The van der Waals surface area contributed by atoms with Gasteiger partial charge in [-0.05, 0) is 13.3 Å². The monoisotopic (exact) mass is 684 g/mol. The molecule has 0 aliphatic carbocycles. The molecule has 0 radical (unpaired) electrons. The fraction of sp³-hybridized carbons (Fsp3) is 0.909. The highest BCUT2D eigenvalue weighted by molar-refractivity contribution is 5.86. The first-order chi connectivity index (χ1) is 23.2. The lowest BCUT2D eigenvalue weighted by Gasteiger charge is -2.09. The summed E-state index contributed by atoms with van der Waals surface area (Å²) in [5.74, 6) is -0.412. The van der Waals surface area contributed by atoms with Gasteiger partial charge >= 0.3 is 5.97 Å². The highest BCUT2D eigenvalue weighted by atomic mass is 16.6. The molecule has 0 aromatic heterocycles. The van der Waals surface area contributed by atoms with Gasteiger partial charge in [0, 0.05) is 12.2 Å². The van der Waals surface area contributed by atoms with Gasteiger partial charge in [-0.15, -0.1) is 0 Å². The number of ether oxygens (including phenoxy) is 13. The van der Waals surface area contributed by atoms with Crippen molar-refractivity contribution in [2.24, 2.45) is 0 Å². The lowest BCUT2D eigenvalue weighted by atomic mass is 10.3. The van der Waals surface area contributed by atoms with Gasteiger partial charge in [0.05, 0.1) is 152 Å². The third-order valence-corrected chi connectivity index (χ3v) is 5.79. The van der Waals surface area contributed by atoms with Gasteiger partial charge in [0.15, 0.2) is 0 Å². The van der Waals surface area contributed by atoms with Crippen LogP contribution in [-0.2, 0) is 66.4 Å². The topological polar surface area (TPSA) is 137 Å². The number of carbonyl (C=O) groups excluding carboxylic acids is 1. The minimum Gasteiger partial charge on any atom is -0.460 e. The fourth-order valence-electron chi connectivity index (χ4n) is 3.29. The molecule has 14 nitrogen and oxygen atoms in total. The molecule has 0 amide bonds. The summed E-state index contributed by atoms with van der Waals surface area (Å²) in [7, 11) is 0. The number of carbonyl (C=O) groups is 1. The third-order valence-electron chi connectivity index (χ3n) is 5.79. The SMILES string of the molecule is C=C(C)C(=O)OCCOCCOCCOCCOCCOCCOCCOCCOCCOCCOCCOCCOCCCCC. The van der Waals surface area contributed by atoms with Crippen LogP contribution in [0, 0.1) is 0 Å². The van der Waals surface area contributed by atoms with Gasteiger partial charge in [0.25, 0.3) is 0 Å². The Morgan fingerprint density at radius 3 is 0.787 bits per heavy atom. The summed E-state index contributed by atoms with van der Waals surface area (Å²) in [6.07, 6.45) is 3.53. The zero-order valence-electron chi connectivity index (χ0n) is 29.2. The van der Waals surface area contributed by atoms with Crippen molar-refractivity contribution in [3.63, 3.8) is 0 Å². The molecular formula is C33H64O14. The molecule has 0 rings (SSSR count). The number of hydrogen-bond donors (Lipinski definition) is 0. The Morgan fingerprint density at radius 1 is 0.362 bits per heavy atom. The predicted octanol–water partition coefficient (Wildman–Crippen LogP) is 2.50. The summed E-state index contributed by atoms with van der Waals surface area (Å²) in [6, 6.07) is 0. The molecule has 47 heavy (non-hydrogen) atoms. The van der Waals surface area contributed by atoms with E-state index in [0.29, 0.717) is 158 Å². The van der Waals surface area contributed by atoms with E-state index < -0.39 is 5.97 Å². The minimum absolute atomic E-state index is 0.199. The van der Waals surface area contributed by atoms with Crippen molar-refractivity contribution in [1.82, 2.24) is 0 Å². The van der Waals surface area contributed by atoms with Crippen LogP contribution >= 0.6 is 0 Å². The van der Waals surface area contributed by atoms with Crippen LogP contribution in [0.3, 0.4) is 0 Å². The Hall–Kier alpha value is -1.27. The molecule has 0 atom stereocenters. The van der Waals surface area contributed by atoms with E-state index in [1.165, 1.54) is 12.8 Å². The first-order valence-electron chi connectivity index (χ1n) is 16.9. The van der Waals surface area contributed by atoms with Crippen LogP contribution in [0.1, 0.15) is 33.1 Å². The molecule has 0 fully saturated rings. The van der Waals surface area contributed by atoms with Crippen molar-refractivity contribution in [3.05, 3.63) is 12.2 Å². The summed E-state index contributed by atoms with van der Waals surface area (Å²) in [4.78, 5) is 11.2. The van der Waals surface area contributed by atoms with Crippen LogP contribution in [0.25, 0.3) is 0 Å². The van der Waals surface area contributed by atoms with Crippen LogP contribution in [0.15, 0.2) is 12.2 Å². The molecule has 0 spiro atoms. The molecule has 0 N–H and O–H groups in total. The average Bonchev–Trinajstić information content (AvgIpc) is 3.07. The van der Waals surface area contributed by atoms with E-state index in [9.17, 15) is 4.79 Å². The van der Waals surface area contributed by atoms with Gasteiger partial charge in [-0.25, -0.2) is 4.79 Å². The summed E-state index contributed by atoms with van der Waals surface area (Å²) in [6.45, 7) is 19.9. The van der Waals surface area contributed by atoms with Gasteiger partial charge < -0.3 is 61.6 Å². The third kappa shape index (κ3) is 40.8. The number of unbranched alkanes of at least 4 members (excludes halogenated alkanes) is 2. The predicted molar refractivity (Wildman–Crippen MR) is 175 cm³/mol. The number of hydrogen-bond acceptors (Lipinski definition) is 14. The van der Waals surface area contributed by atoms with E-state index in [0.717, 1.165) is 13.0 Å². The zero-order valence-corrected chi connectivity index (χ0v) is 29.2. The second-order valence-electron chi connectivity index (χ2n) is 9.97. The van der Waals surface area contributed by atoms with Crippen LogP contribution in [0.5, 0.6) is 0 Å². The van der Waals surface area contributed by atoms with Crippen LogP contribution in [-0.4, -0.2) is 171 Å². The molecule has 14 heteroatoms. The van der Waals surface area contributed by atoms with Crippen molar-refractivity contribution in [3.8, 4) is 0 Å². The lowest BCUT2D eigenvalue weighted by molar-refractivity contribution is -0.140. The first kappa shape index (κ1) is 45.7. The maximum absolute atomic E-state index is 11.2. The highest BCUT2D eigenvalue weighted by Gasteiger charge is 2.02. The normalized spacial score (nSPS) is 11.4. The van der Waals surface area contributed by atoms with Crippen molar-refractivity contribution in [2.75, 3.05) is 165 Å². The Kier molecular flexibility index (Phi) is 39.8. The molecule has 280 valence electrons. The van der Waals surface area contributed by atoms with Gasteiger partial charge in [0.1, 0.15) is 6.61 Å². The minimum atomic E-state index is -0.412. The number of esters is 1. The van der Waals surface area contributed by atoms with E-state index in [2.05, 4.69) is 13.5 Å². The standard InChI is InChI=1S/C33H64O14/c1-4-5-6-7-35-8-9-36-10-11-37-12-13-38-14-15-39-16-17-40-18-19-41-20-21-42-22-23-43-24-25-44-26-27-45-28-29-46-30-31-47-33(34)32(2)3/h2,4-31H2,1,3H3. The molecular weight excluding hydrogens is 620 g/mol. The highest BCUT2D eigenvalue weighted by Crippen LogP contribution is 1.94. The molecule has 0 bridgehead atoms. The van der Waals surface area contributed by atoms with E-state index in [1.54, 1.807) is 6.92 Å². The zero-order chi connectivity index (χ0) is 34.1. The average molecular weight is 685 g/mol. The Labute approximate surface area is 282 Å².